The predicted octanol–water partition coefficient (Wildman–Crippen LogP) is 0.911. The van der Waals surface area contributed by atoms with Gasteiger partial charge in [0.15, 0.2) is 0 Å². The van der Waals surface area contributed by atoms with Gasteiger partial charge in [-0.3, -0.25) is 0 Å². The van der Waals surface area contributed by atoms with E-state index in [4.69, 9.17) is 18.4 Å². The van der Waals surface area contributed by atoms with Crippen LogP contribution in [-0.4, -0.2) is 47.4 Å². The van der Waals surface area contributed by atoms with Gasteiger partial charge in [-0.2, -0.15) is 0 Å². The molecule has 1 amide bonds. The molecule has 15 heavy (non-hydrogen) atoms. The van der Waals surface area contributed by atoms with E-state index in [1.54, 1.807) is 6.92 Å². The molecule has 6 nitrogen and oxygen atoms in total. The van der Waals surface area contributed by atoms with Crippen molar-refractivity contribution in [2.45, 2.75) is 25.4 Å². The highest BCUT2D eigenvalue weighted by molar-refractivity contribution is 6.60. The van der Waals surface area contributed by atoms with Crippen molar-refractivity contribution in [2.24, 2.45) is 0 Å². The molecule has 0 aromatic carbocycles. The largest absolute Gasteiger partial charge is 0.500 e. The molecule has 0 heterocycles. The predicted molar refractivity (Wildman–Crippen MR) is 56.8 cm³/mol. The summed E-state index contributed by atoms with van der Waals surface area (Å²) >= 11 is 0. The number of hydrogen-bond acceptors (Lipinski definition) is 4. The third-order valence-electron chi connectivity index (χ3n) is 2.19. The van der Waals surface area contributed by atoms with Crippen molar-refractivity contribution in [3.8, 4) is 0 Å². The third kappa shape index (κ3) is 5.12. The highest BCUT2D eigenvalue weighted by atomic mass is 28.4. The second-order valence-electron chi connectivity index (χ2n) is 3.18. The lowest BCUT2D eigenvalue weighted by atomic mass is 10.3. The summed E-state index contributed by atoms with van der Waals surface area (Å²) in [4.78, 5) is 10.3. The van der Waals surface area contributed by atoms with Crippen molar-refractivity contribution in [3.05, 3.63) is 0 Å². The minimum Gasteiger partial charge on any atom is -0.465 e. The first-order chi connectivity index (χ1) is 6.99. The van der Waals surface area contributed by atoms with Gasteiger partial charge in [-0.25, -0.2) is 4.79 Å². The second kappa shape index (κ2) is 6.78. The van der Waals surface area contributed by atoms with Crippen LogP contribution in [0.4, 0.5) is 4.79 Å². The Labute approximate surface area is 90.9 Å². The number of nitrogens with one attached hydrogen (secondary N) is 1. The molecule has 0 bridgehead atoms. The van der Waals surface area contributed by atoms with Gasteiger partial charge in [0.05, 0.1) is 0 Å². The standard InChI is InChI=1S/C8H19NO5Si/c1-7(9-8(10)11)5-6-15(12-2,13-3)14-4/h7,9H,5-6H2,1-4H3,(H,10,11). The molecular formula is C8H19NO5Si. The molecule has 1 atom stereocenters. The van der Waals surface area contributed by atoms with Gasteiger partial charge >= 0.3 is 14.9 Å². The maximum atomic E-state index is 10.3. The second-order valence-corrected chi connectivity index (χ2v) is 6.28. The van der Waals surface area contributed by atoms with Gasteiger partial charge in [-0.1, -0.05) is 0 Å². The number of carbonyl (C=O) groups is 1. The summed E-state index contributed by atoms with van der Waals surface area (Å²) in [5.41, 5.74) is 0. The molecule has 0 aliphatic heterocycles. The molecule has 0 aromatic rings. The lowest BCUT2D eigenvalue weighted by molar-refractivity contribution is 0.121. The average Bonchev–Trinajstić information content (AvgIpc) is 2.20. The number of amides is 1. The number of rotatable bonds is 7. The zero-order chi connectivity index (χ0) is 11.9. The Bertz CT molecular complexity index is 189. The Morgan fingerprint density at radius 2 is 1.80 bits per heavy atom. The first kappa shape index (κ1) is 14.4. The van der Waals surface area contributed by atoms with E-state index in [9.17, 15) is 4.79 Å². The first-order valence-electron chi connectivity index (χ1n) is 4.64. The van der Waals surface area contributed by atoms with E-state index in [0.29, 0.717) is 12.5 Å². The molecule has 0 aromatic heterocycles. The Hall–Kier alpha value is -0.633. The normalized spacial score (nSPS) is 13.6. The number of carboxylic acid groups (broad SMARTS) is 1. The molecule has 1 unspecified atom stereocenters. The zero-order valence-electron chi connectivity index (χ0n) is 9.57. The smallest absolute Gasteiger partial charge is 0.465 e. The maximum absolute atomic E-state index is 10.3. The SMILES string of the molecule is CO[Si](CCC(C)NC(=O)O)(OC)OC. The lowest BCUT2D eigenvalue weighted by Crippen LogP contribution is -2.44. The summed E-state index contributed by atoms with van der Waals surface area (Å²) in [6, 6.07) is 0.438. The van der Waals surface area contributed by atoms with E-state index in [0.717, 1.165) is 0 Å². The van der Waals surface area contributed by atoms with Crippen molar-refractivity contribution in [3.63, 3.8) is 0 Å². The zero-order valence-corrected chi connectivity index (χ0v) is 10.6. The fraction of sp³-hybridized carbons (Fsp3) is 0.875. The summed E-state index contributed by atoms with van der Waals surface area (Å²) in [6.07, 6.45) is -0.407. The van der Waals surface area contributed by atoms with Crippen LogP contribution in [0.5, 0.6) is 0 Å². The lowest BCUT2D eigenvalue weighted by Gasteiger charge is -2.25. The molecule has 0 aliphatic rings. The van der Waals surface area contributed by atoms with E-state index in [-0.39, 0.29) is 6.04 Å². The van der Waals surface area contributed by atoms with Crippen LogP contribution in [0.1, 0.15) is 13.3 Å². The van der Waals surface area contributed by atoms with Crippen LogP contribution in [0.3, 0.4) is 0 Å². The molecule has 0 saturated carbocycles. The highest BCUT2D eigenvalue weighted by Gasteiger charge is 2.37. The van der Waals surface area contributed by atoms with Crippen molar-refractivity contribution < 1.29 is 23.2 Å². The highest BCUT2D eigenvalue weighted by Crippen LogP contribution is 2.16. The van der Waals surface area contributed by atoms with Gasteiger partial charge in [0, 0.05) is 33.4 Å². The van der Waals surface area contributed by atoms with Crippen LogP contribution in [0, 0.1) is 0 Å². The van der Waals surface area contributed by atoms with Crippen molar-refractivity contribution in [2.75, 3.05) is 21.3 Å². The van der Waals surface area contributed by atoms with Crippen LogP contribution < -0.4 is 5.32 Å². The summed E-state index contributed by atoms with van der Waals surface area (Å²) in [7, 11) is 2.04. The molecule has 0 aliphatic carbocycles. The van der Waals surface area contributed by atoms with Crippen LogP contribution in [0.15, 0.2) is 0 Å². The van der Waals surface area contributed by atoms with Gasteiger partial charge in [0.2, 0.25) is 0 Å². The fourth-order valence-electron chi connectivity index (χ4n) is 1.23. The molecular weight excluding hydrogens is 218 g/mol. The van der Waals surface area contributed by atoms with Gasteiger partial charge in [-0.05, 0) is 13.3 Å². The summed E-state index contributed by atoms with van der Waals surface area (Å²) < 4.78 is 15.6. The summed E-state index contributed by atoms with van der Waals surface area (Å²) in [6.45, 7) is 1.79. The third-order valence-corrected chi connectivity index (χ3v) is 4.95. The maximum Gasteiger partial charge on any atom is 0.500 e. The molecule has 0 rings (SSSR count). The Kier molecular flexibility index (Phi) is 6.49. The van der Waals surface area contributed by atoms with Crippen molar-refractivity contribution in [1.29, 1.82) is 0 Å². The van der Waals surface area contributed by atoms with Gasteiger partial charge in [-0.15, -0.1) is 0 Å². The molecule has 2 N–H and O–H groups in total. The molecule has 90 valence electrons. The topological polar surface area (TPSA) is 77.0 Å². The van der Waals surface area contributed by atoms with E-state index in [2.05, 4.69) is 5.32 Å². The van der Waals surface area contributed by atoms with E-state index in [1.165, 1.54) is 21.3 Å². The monoisotopic (exact) mass is 237 g/mol. The Balaban J connectivity index is 4.04. The van der Waals surface area contributed by atoms with Crippen LogP contribution >= 0.6 is 0 Å². The molecule has 0 spiro atoms. The van der Waals surface area contributed by atoms with Gasteiger partial charge < -0.3 is 23.7 Å². The van der Waals surface area contributed by atoms with E-state index >= 15 is 0 Å². The van der Waals surface area contributed by atoms with Crippen LogP contribution in [0.25, 0.3) is 0 Å². The first-order valence-corrected chi connectivity index (χ1v) is 6.57. The quantitative estimate of drug-likeness (QED) is 0.644. The van der Waals surface area contributed by atoms with E-state index < -0.39 is 14.9 Å². The fourth-order valence-corrected chi connectivity index (χ4v) is 3.13. The van der Waals surface area contributed by atoms with Crippen LogP contribution in [-0.2, 0) is 13.3 Å². The Morgan fingerprint density at radius 1 is 1.33 bits per heavy atom. The van der Waals surface area contributed by atoms with Gasteiger partial charge in [0.1, 0.15) is 0 Å². The minimum atomic E-state index is -2.56. The van der Waals surface area contributed by atoms with Gasteiger partial charge in [0.25, 0.3) is 0 Å². The Morgan fingerprint density at radius 3 is 2.13 bits per heavy atom. The summed E-state index contributed by atoms with van der Waals surface area (Å²) in [5.74, 6) is 0. The number of hydrogen-bond donors (Lipinski definition) is 2. The van der Waals surface area contributed by atoms with E-state index in [1.807, 2.05) is 0 Å². The van der Waals surface area contributed by atoms with Crippen molar-refractivity contribution >= 4 is 14.9 Å². The summed E-state index contributed by atoms with van der Waals surface area (Å²) in [5, 5.41) is 10.9. The van der Waals surface area contributed by atoms with Crippen molar-refractivity contribution in [1.82, 2.24) is 5.32 Å². The molecule has 0 saturated heterocycles. The molecule has 0 fully saturated rings. The molecule has 0 radical (unpaired) electrons. The van der Waals surface area contributed by atoms with Crippen LogP contribution in [0.2, 0.25) is 6.04 Å². The average molecular weight is 237 g/mol. The minimum absolute atomic E-state index is 0.144. The molecule has 7 heteroatoms.